The molecule has 1 heterocycles. The molecule has 2 aromatic carbocycles. The van der Waals surface area contributed by atoms with Gasteiger partial charge in [0.1, 0.15) is 12.3 Å². The number of carbonyl (C=O) groups is 1. The normalized spacial score (nSPS) is 11.9. The van der Waals surface area contributed by atoms with Gasteiger partial charge in [0.2, 0.25) is 5.89 Å². The summed E-state index contributed by atoms with van der Waals surface area (Å²) in [5.74, 6) is -0.284. The lowest BCUT2D eigenvalue weighted by atomic mass is 10.0. The van der Waals surface area contributed by atoms with Crippen LogP contribution in [0.1, 0.15) is 33.5 Å². The fraction of sp³-hybridized carbons (Fsp3) is 0.158. The summed E-state index contributed by atoms with van der Waals surface area (Å²) in [4.78, 5) is 16.2. The van der Waals surface area contributed by atoms with Gasteiger partial charge in [-0.2, -0.15) is 0 Å². The number of aliphatic hydroxyl groups is 1. The monoisotopic (exact) mass is 352 g/mol. The van der Waals surface area contributed by atoms with Crippen molar-refractivity contribution in [1.29, 1.82) is 0 Å². The molecule has 3 aromatic rings. The van der Waals surface area contributed by atoms with Crippen molar-refractivity contribution in [3.63, 3.8) is 0 Å². The Kier molecular flexibility index (Phi) is 5.31. The Morgan fingerprint density at radius 3 is 2.35 bits per heavy atom. The molecule has 0 aliphatic heterocycles. The third-order valence-electron chi connectivity index (χ3n) is 3.87. The highest BCUT2D eigenvalue weighted by atomic mass is 16.3. The van der Waals surface area contributed by atoms with Crippen LogP contribution in [0.2, 0.25) is 0 Å². The number of aromatic nitrogens is 1. The van der Waals surface area contributed by atoms with Crippen molar-refractivity contribution >= 4 is 17.3 Å². The zero-order valence-electron chi connectivity index (χ0n) is 14.1. The van der Waals surface area contributed by atoms with Crippen LogP contribution in [-0.2, 0) is 6.42 Å². The van der Waals surface area contributed by atoms with Gasteiger partial charge in [-0.1, -0.05) is 24.3 Å². The summed E-state index contributed by atoms with van der Waals surface area (Å²) in [6.07, 6.45) is 2.00. The maximum Gasteiger partial charge on any atom is 0.277 e. The maximum absolute atomic E-state index is 12.2. The molecule has 26 heavy (non-hydrogen) atoms. The molecule has 7 nitrogen and oxygen atoms in total. The summed E-state index contributed by atoms with van der Waals surface area (Å²) in [7, 11) is 0. The minimum Gasteiger partial charge on any atom is -0.446 e. The molecule has 0 aliphatic rings. The van der Waals surface area contributed by atoms with E-state index in [9.17, 15) is 4.79 Å². The fourth-order valence-corrected chi connectivity index (χ4v) is 2.41. The summed E-state index contributed by atoms with van der Waals surface area (Å²) in [6.45, 7) is -0.308. The topological polar surface area (TPSA) is 127 Å². The van der Waals surface area contributed by atoms with E-state index in [4.69, 9.17) is 21.0 Å². The van der Waals surface area contributed by atoms with Crippen LogP contribution < -0.4 is 16.8 Å². The number of hydrogen-bond acceptors (Lipinski definition) is 6. The second kappa shape index (κ2) is 7.81. The molecule has 1 amide bonds. The molecule has 1 aromatic heterocycles. The molecule has 0 radical (unpaired) electrons. The predicted molar refractivity (Wildman–Crippen MR) is 98.6 cm³/mol. The largest absolute Gasteiger partial charge is 0.446 e. The Morgan fingerprint density at radius 2 is 1.73 bits per heavy atom. The lowest BCUT2D eigenvalue weighted by Gasteiger charge is -2.06. The van der Waals surface area contributed by atoms with E-state index in [0.717, 1.165) is 23.2 Å². The van der Waals surface area contributed by atoms with Crippen LogP contribution in [-0.4, -0.2) is 22.6 Å². The summed E-state index contributed by atoms with van der Waals surface area (Å²) in [5.41, 5.74) is 15.1. The Bertz CT molecular complexity index is 873. The molecule has 0 bridgehead atoms. The van der Waals surface area contributed by atoms with Crippen molar-refractivity contribution < 1.29 is 14.3 Å². The van der Waals surface area contributed by atoms with Gasteiger partial charge in [0.05, 0.1) is 6.61 Å². The molecule has 0 spiro atoms. The Balaban J connectivity index is 1.62. The van der Waals surface area contributed by atoms with E-state index in [2.05, 4.69) is 10.3 Å². The minimum absolute atomic E-state index is 0.106. The number of nitrogens with zero attached hydrogens (tertiary/aromatic N) is 1. The number of nitrogens with two attached hydrogens (primary N) is 2. The van der Waals surface area contributed by atoms with Crippen molar-refractivity contribution in [2.45, 2.75) is 12.5 Å². The van der Waals surface area contributed by atoms with Crippen molar-refractivity contribution in [1.82, 2.24) is 4.98 Å². The molecule has 7 heteroatoms. The zero-order valence-corrected chi connectivity index (χ0v) is 14.1. The first-order chi connectivity index (χ1) is 12.5. The minimum atomic E-state index is -0.746. The average molecular weight is 352 g/mol. The fourth-order valence-electron chi connectivity index (χ4n) is 2.41. The number of nitrogens with one attached hydrogen (secondary N) is 1. The number of amides is 1. The third kappa shape index (κ3) is 4.27. The van der Waals surface area contributed by atoms with Gasteiger partial charge in [-0.3, -0.25) is 4.79 Å². The van der Waals surface area contributed by atoms with Crippen LogP contribution in [0.5, 0.6) is 0 Å². The smallest absolute Gasteiger partial charge is 0.277 e. The second-order valence-corrected chi connectivity index (χ2v) is 5.93. The van der Waals surface area contributed by atoms with Crippen LogP contribution in [0.15, 0.2) is 59.2 Å². The zero-order chi connectivity index (χ0) is 18.5. The molecule has 6 N–H and O–H groups in total. The van der Waals surface area contributed by atoms with Gasteiger partial charge in [-0.15, -0.1) is 0 Å². The number of oxazole rings is 1. The molecule has 134 valence electrons. The number of rotatable bonds is 6. The second-order valence-electron chi connectivity index (χ2n) is 5.93. The van der Waals surface area contributed by atoms with Crippen LogP contribution in [0.3, 0.4) is 0 Å². The Hall–Kier alpha value is -3.16. The molecule has 1 unspecified atom stereocenters. The molecule has 0 aliphatic carbocycles. The van der Waals surface area contributed by atoms with Crippen molar-refractivity contribution in [3.05, 3.63) is 77.5 Å². The van der Waals surface area contributed by atoms with E-state index in [0.29, 0.717) is 5.69 Å². The number of carbonyl (C=O) groups excluding carboxylic acids is 1. The summed E-state index contributed by atoms with van der Waals surface area (Å²) in [6, 6.07) is 14.5. The van der Waals surface area contributed by atoms with E-state index >= 15 is 0 Å². The maximum atomic E-state index is 12.2. The Labute approximate surface area is 150 Å². The van der Waals surface area contributed by atoms with Gasteiger partial charge in [0.15, 0.2) is 5.69 Å². The van der Waals surface area contributed by atoms with E-state index < -0.39 is 11.9 Å². The lowest BCUT2D eigenvalue weighted by molar-refractivity contribution is 0.102. The quantitative estimate of drug-likeness (QED) is 0.503. The summed E-state index contributed by atoms with van der Waals surface area (Å²) in [5, 5.41) is 11.7. The van der Waals surface area contributed by atoms with Crippen molar-refractivity contribution in [3.8, 4) is 0 Å². The first kappa shape index (κ1) is 17.7. The highest BCUT2D eigenvalue weighted by Crippen LogP contribution is 2.16. The van der Waals surface area contributed by atoms with Crippen LogP contribution in [0, 0.1) is 0 Å². The standard InChI is InChI=1S/C19H20N4O3/c20-14-5-1-12(2-6-14)9-13-3-7-15(8-4-13)22-18(25)17-11-26-19(23-17)16(21)10-24/h1-8,11,16,24H,9-10,20-21H2,(H,22,25). The molecule has 0 saturated carbocycles. The van der Waals surface area contributed by atoms with Gasteiger partial charge >= 0.3 is 0 Å². The lowest BCUT2D eigenvalue weighted by Crippen LogP contribution is -2.16. The molecular formula is C19H20N4O3. The third-order valence-corrected chi connectivity index (χ3v) is 3.87. The van der Waals surface area contributed by atoms with Crippen LogP contribution in [0.4, 0.5) is 11.4 Å². The summed E-state index contributed by atoms with van der Waals surface area (Å²) >= 11 is 0. The van der Waals surface area contributed by atoms with Gasteiger partial charge in [-0.25, -0.2) is 4.98 Å². The average Bonchev–Trinajstić information content (AvgIpc) is 3.15. The number of hydrogen-bond donors (Lipinski definition) is 4. The van der Waals surface area contributed by atoms with Gasteiger partial charge in [0.25, 0.3) is 5.91 Å². The molecule has 3 rings (SSSR count). The summed E-state index contributed by atoms with van der Waals surface area (Å²) < 4.78 is 5.10. The number of anilines is 2. The van der Waals surface area contributed by atoms with Crippen LogP contribution >= 0.6 is 0 Å². The van der Waals surface area contributed by atoms with E-state index in [-0.39, 0.29) is 18.2 Å². The Morgan fingerprint density at radius 1 is 1.12 bits per heavy atom. The number of nitrogen functional groups attached to an aromatic ring is 1. The number of aliphatic hydroxyl groups excluding tert-OH is 1. The van der Waals surface area contributed by atoms with Gasteiger partial charge in [0, 0.05) is 11.4 Å². The SMILES string of the molecule is Nc1ccc(Cc2ccc(NC(=O)c3coc(C(N)CO)n3)cc2)cc1. The molecule has 0 fully saturated rings. The first-order valence-electron chi connectivity index (χ1n) is 8.11. The number of benzene rings is 2. The predicted octanol–water partition coefficient (Wildman–Crippen LogP) is 2.09. The van der Waals surface area contributed by atoms with E-state index in [1.54, 1.807) is 0 Å². The molecule has 1 atom stereocenters. The first-order valence-corrected chi connectivity index (χ1v) is 8.11. The van der Waals surface area contributed by atoms with Crippen molar-refractivity contribution in [2.75, 3.05) is 17.7 Å². The molecular weight excluding hydrogens is 332 g/mol. The van der Waals surface area contributed by atoms with E-state index in [1.165, 1.54) is 6.26 Å². The highest BCUT2D eigenvalue weighted by molar-refractivity contribution is 6.02. The van der Waals surface area contributed by atoms with Crippen LogP contribution in [0.25, 0.3) is 0 Å². The van der Waals surface area contributed by atoms with E-state index in [1.807, 2.05) is 48.5 Å². The van der Waals surface area contributed by atoms with Crippen molar-refractivity contribution in [2.24, 2.45) is 5.73 Å². The highest BCUT2D eigenvalue weighted by Gasteiger charge is 2.16. The van der Waals surface area contributed by atoms with Gasteiger partial charge in [-0.05, 0) is 41.8 Å². The molecule has 0 saturated heterocycles. The van der Waals surface area contributed by atoms with Gasteiger partial charge < -0.3 is 26.3 Å².